The van der Waals surface area contributed by atoms with Gasteiger partial charge in [-0.2, -0.15) is 0 Å². The first-order valence-corrected chi connectivity index (χ1v) is 15.9. The highest BCUT2D eigenvalue weighted by atomic mass is 16.3. The van der Waals surface area contributed by atoms with Gasteiger partial charge < -0.3 is 4.42 Å². The van der Waals surface area contributed by atoms with Crippen molar-refractivity contribution in [1.82, 2.24) is 9.97 Å². The van der Waals surface area contributed by atoms with Crippen molar-refractivity contribution in [3.05, 3.63) is 158 Å². The molecule has 7 aromatic carbocycles. The molecular formula is C44H26N2O. The van der Waals surface area contributed by atoms with Gasteiger partial charge in [-0.3, -0.25) is 4.98 Å². The fourth-order valence-corrected chi connectivity index (χ4v) is 7.20. The largest absolute Gasteiger partial charge is 0.455 e. The van der Waals surface area contributed by atoms with E-state index in [1.165, 1.54) is 27.3 Å². The third kappa shape index (κ3) is 4.07. The highest BCUT2D eigenvalue weighted by molar-refractivity contribution is 6.20. The van der Waals surface area contributed by atoms with Gasteiger partial charge in [-0.05, 0) is 74.8 Å². The Labute approximate surface area is 270 Å². The summed E-state index contributed by atoms with van der Waals surface area (Å²) in [5.74, 6) is 0. The first-order valence-electron chi connectivity index (χ1n) is 15.9. The van der Waals surface area contributed by atoms with E-state index in [1.54, 1.807) is 0 Å². The van der Waals surface area contributed by atoms with Gasteiger partial charge in [0.15, 0.2) is 0 Å². The number of hydrogen-bond donors (Lipinski definition) is 0. The molecule has 0 N–H and O–H groups in total. The van der Waals surface area contributed by atoms with Crippen LogP contribution < -0.4 is 0 Å². The molecule has 0 unspecified atom stereocenters. The Morgan fingerprint density at radius 3 is 2.06 bits per heavy atom. The molecule has 0 fully saturated rings. The number of rotatable bonds is 3. The number of hydrogen-bond acceptors (Lipinski definition) is 3. The van der Waals surface area contributed by atoms with Crippen LogP contribution in [-0.2, 0) is 0 Å². The van der Waals surface area contributed by atoms with Gasteiger partial charge in [-0.25, -0.2) is 4.98 Å². The van der Waals surface area contributed by atoms with Gasteiger partial charge in [-0.15, -0.1) is 0 Å². The highest BCUT2D eigenvalue weighted by Gasteiger charge is 2.17. The molecule has 3 aromatic heterocycles. The van der Waals surface area contributed by atoms with Crippen molar-refractivity contribution in [3.8, 4) is 33.5 Å². The van der Waals surface area contributed by atoms with E-state index in [0.29, 0.717) is 0 Å². The fourth-order valence-electron chi connectivity index (χ4n) is 7.20. The van der Waals surface area contributed by atoms with Gasteiger partial charge >= 0.3 is 0 Å². The second-order valence-corrected chi connectivity index (χ2v) is 12.2. The van der Waals surface area contributed by atoms with Crippen LogP contribution in [0.3, 0.4) is 0 Å². The van der Waals surface area contributed by atoms with Gasteiger partial charge in [-0.1, -0.05) is 115 Å². The van der Waals surface area contributed by atoms with Gasteiger partial charge in [0.2, 0.25) is 0 Å². The Balaban J connectivity index is 1.12. The zero-order valence-electron chi connectivity index (χ0n) is 25.3. The molecule has 0 radical (unpaired) electrons. The van der Waals surface area contributed by atoms with E-state index >= 15 is 0 Å². The van der Waals surface area contributed by atoms with E-state index < -0.39 is 0 Å². The molecule has 3 heterocycles. The maximum atomic E-state index is 6.69. The van der Waals surface area contributed by atoms with Gasteiger partial charge in [0, 0.05) is 38.7 Å². The quantitative estimate of drug-likeness (QED) is 0.190. The standard InChI is InChI=1S/C44H26N2O/c1-2-13-33-27(8-1)9-6-16-34(33)38-26-39-36-21-19-31(25-41(36)47-44(39)37-15-4-3-14-35(37)38)30-10-5-11-32(24-30)40-22-20-29-18-17-28-12-7-23-45-42(28)43(29)46-40/h1-26H. The average Bonchev–Trinajstić information content (AvgIpc) is 3.52. The molecule has 47 heavy (non-hydrogen) atoms. The lowest BCUT2D eigenvalue weighted by molar-refractivity contribution is 0.673. The van der Waals surface area contributed by atoms with Crippen LogP contribution in [0.25, 0.3) is 98.8 Å². The molecule has 0 atom stereocenters. The average molecular weight is 599 g/mol. The number of furan rings is 1. The first kappa shape index (κ1) is 26.0. The van der Waals surface area contributed by atoms with Crippen LogP contribution in [-0.4, -0.2) is 9.97 Å². The molecule has 10 aromatic rings. The summed E-state index contributed by atoms with van der Waals surface area (Å²) in [5.41, 5.74) is 10.3. The van der Waals surface area contributed by atoms with Crippen LogP contribution in [0.4, 0.5) is 0 Å². The predicted molar refractivity (Wildman–Crippen MR) is 196 cm³/mol. The summed E-state index contributed by atoms with van der Waals surface area (Å²) in [7, 11) is 0. The van der Waals surface area contributed by atoms with Crippen molar-refractivity contribution in [1.29, 1.82) is 0 Å². The Hall–Kier alpha value is -6.32. The smallest absolute Gasteiger partial charge is 0.143 e. The second-order valence-electron chi connectivity index (χ2n) is 12.2. The molecule has 218 valence electrons. The molecule has 0 amide bonds. The maximum absolute atomic E-state index is 6.69. The van der Waals surface area contributed by atoms with Gasteiger partial charge in [0.05, 0.1) is 16.7 Å². The van der Waals surface area contributed by atoms with Crippen LogP contribution in [0, 0.1) is 0 Å². The van der Waals surface area contributed by atoms with Crippen LogP contribution >= 0.6 is 0 Å². The summed E-state index contributed by atoms with van der Waals surface area (Å²) < 4.78 is 6.69. The molecule has 0 aliphatic rings. The minimum atomic E-state index is 0.879. The van der Waals surface area contributed by atoms with Crippen molar-refractivity contribution < 1.29 is 4.42 Å². The fraction of sp³-hybridized carbons (Fsp3) is 0. The number of fused-ring (bicyclic) bond motifs is 9. The lowest BCUT2D eigenvalue weighted by atomic mass is 9.92. The summed E-state index contributed by atoms with van der Waals surface area (Å²) in [6.45, 7) is 0. The molecular weight excluding hydrogens is 572 g/mol. The molecule has 3 nitrogen and oxygen atoms in total. The van der Waals surface area contributed by atoms with Crippen LogP contribution in [0.15, 0.2) is 162 Å². The van der Waals surface area contributed by atoms with E-state index in [9.17, 15) is 0 Å². The molecule has 0 saturated carbocycles. The van der Waals surface area contributed by atoms with Crippen molar-refractivity contribution in [2.45, 2.75) is 0 Å². The minimum absolute atomic E-state index is 0.879. The summed E-state index contributed by atoms with van der Waals surface area (Å²) >= 11 is 0. The SMILES string of the molecule is c1cc(-c2ccc3c(c2)oc2c4ccccc4c(-c4cccc5ccccc45)cc32)cc(-c2ccc3ccc4cccnc4c3n2)c1. The number of aromatic nitrogens is 2. The molecule has 0 aliphatic heterocycles. The Morgan fingerprint density at radius 2 is 1.13 bits per heavy atom. The third-order valence-electron chi connectivity index (χ3n) is 9.48. The van der Waals surface area contributed by atoms with Gasteiger partial charge in [0.25, 0.3) is 0 Å². The van der Waals surface area contributed by atoms with E-state index in [4.69, 9.17) is 9.40 Å². The normalized spacial score (nSPS) is 11.8. The molecule has 0 aliphatic carbocycles. The number of nitrogens with zero attached hydrogens (tertiary/aromatic N) is 2. The third-order valence-corrected chi connectivity index (χ3v) is 9.48. The zero-order valence-corrected chi connectivity index (χ0v) is 25.3. The molecule has 0 saturated heterocycles. The Kier molecular flexibility index (Phi) is 5.57. The maximum Gasteiger partial charge on any atom is 0.143 e. The van der Waals surface area contributed by atoms with E-state index in [0.717, 1.165) is 71.5 Å². The summed E-state index contributed by atoms with van der Waals surface area (Å²) in [4.78, 5) is 9.73. The van der Waals surface area contributed by atoms with E-state index in [2.05, 4.69) is 151 Å². The summed E-state index contributed by atoms with van der Waals surface area (Å²) in [6, 6.07) is 53.7. The second kappa shape index (κ2) is 10.1. The Bertz CT molecular complexity index is 2860. The van der Waals surface area contributed by atoms with Crippen molar-refractivity contribution in [2.24, 2.45) is 0 Å². The predicted octanol–water partition coefficient (Wildman–Crippen LogP) is 12.0. The van der Waals surface area contributed by atoms with Crippen LogP contribution in [0.2, 0.25) is 0 Å². The van der Waals surface area contributed by atoms with Crippen LogP contribution in [0.1, 0.15) is 0 Å². The van der Waals surface area contributed by atoms with Crippen molar-refractivity contribution in [3.63, 3.8) is 0 Å². The van der Waals surface area contributed by atoms with Crippen molar-refractivity contribution in [2.75, 3.05) is 0 Å². The summed E-state index contributed by atoms with van der Waals surface area (Å²) in [6.07, 6.45) is 1.83. The molecule has 10 rings (SSSR count). The monoisotopic (exact) mass is 598 g/mol. The topological polar surface area (TPSA) is 38.9 Å². The van der Waals surface area contributed by atoms with Crippen LogP contribution in [0.5, 0.6) is 0 Å². The molecule has 0 spiro atoms. The zero-order chi connectivity index (χ0) is 30.9. The summed E-state index contributed by atoms with van der Waals surface area (Å²) in [5, 5.41) is 9.22. The Morgan fingerprint density at radius 1 is 0.404 bits per heavy atom. The highest BCUT2D eigenvalue weighted by Crippen LogP contribution is 2.42. The molecule has 0 bridgehead atoms. The van der Waals surface area contributed by atoms with Gasteiger partial charge in [0.1, 0.15) is 11.2 Å². The lowest BCUT2D eigenvalue weighted by Crippen LogP contribution is -1.89. The van der Waals surface area contributed by atoms with E-state index in [1.807, 2.05) is 12.3 Å². The number of benzene rings is 7. The first-order chi connectivity index (χ1) is 23.3. The molecule has 3 heteroatoms. The van der Waals surface area contributed by atoms with E-state index in [-0.39, 0.29) is 0 Å². The lowest BCUT2D eigenvalue weighted by Gasteiger charge is -2.11. The minimum Gasteiger partial charge on any atom is -0.455 e. The van der Waals surface area contributed by atoms with Crippen molar-refractivity contribution >= 4 is 65.3 Å². The number of pyridine rings is 2.